The second-order valence-electron chi connectivity index (χ2n) is 6.96. The topological polar surface area (TPSA) is 101 Å². The second kappa shape index (κ2) is 7.83. The highest BCUT2D eigenvalue weighted by molar-refractivity contribution is 6.44. The van der Waals surface area contributed by atoms with Gasteiger partial charge in [-0.2, -0.15) is 5.26 Å². The molecule has 30 heavy (non-hydrogen) atoms. The Bertz CT molecular complexity index is 1190. The summed E-state index contributed by atoms with van der Waals surface area (Å²) in [4.78, 5) is 29.3. The molecule has 7 nitrogen and oxygen atoms in total. The van der Waals surface area contributed by atoms with E-state index in [2.05, 4.69) is 26.6 Å². The minimum atomic E-state index is -1.07. The summed E-state index contributed by atoms with van der Waals surface area (Å²) in [6.07, 6.45) is 3.47. The molecule has 152 valence electrons. The molecule has 1 fully saturated rings. The van der Waals surface area contributed by atoms with E-state index in [4.69, 9.17) is 0 Å². The Balaban J connectivity index is 1.48. The normalized spacial score (nSPS) is 13.3. The Morgan fingerprint density at radius 1 is 1.03 bits per heavy atom. The van der Waals surface area contributed by atoms with Crippen LogP contribution in [0, 0.1) is 23.0 Å². The van der Waals surface area contributed by atoms with Crippen LogP contribution in [0.25, 0.3) is 10.9 Å². The fourth-order valence-corrected chi connectivity index (χ4v) is 3.52. The highest BCUT2D eigenvalue weighted by atomic mass is 19.2. The number of rotatable bonds is 3. The molecule has 2 aromatic carbocycles. The van der Waals surface area contributed by atoms with Crippen LogP contribution in [0.15, 0.2) is 36.5 Å². The molecule has 0 aliphatic carbocycles. The number of benzene rings is 2. The molecule has 1 aromatic heterocycles. The largest absolute Gasteiger partial charge is 0.370 e. The summed E-state index contributed by atoms with van der Waals surface area (Å²) in [5.74, 6) is -4.03. The number of carbonyl (C=O) groups is 2. The summed E-state index contributed by atoms with van der Waals surface area (Å²) < 4.78 is 26.8. The van der Waals surface area contributed by atoms with Gasteiger partial charge in [0.05, 0.1) is 22.5 Å². The summed E-state index contributed by atoms with van der Waals surface area (Å²) in [6, 6.07) is 8.91. The van der Waals surface area contributed by atoms with Gasteiger partial charge in [0.15, 0.2) is 11.6 Å². The molecule has 3 aromatic rings. The van der Waals surface area contributed by atoms with Gasteiger partial charge in [-0.15, -0.1) is 0 Å². The Hall–Kier alpha value is -3.93. The van der Waals surface area contributed by atoms with Crippen LogP contribution in [0.1, 0.15) is 18.4 Å². The third kappa shape index (κ3) is 3.67. The van der Waals surface area contributed by atoms with Crippen LogP contribution in [0.4, 0.5) is 25.8 Å². The van der Waals surface area contributed by atoms with E-state index in [1.807, 2.05) is 0 Å². The summed E-state index contributed by atoms with van der Waals surface area (Å²) in [5, 5.41) is 14.5. The number of amides is 2. The van der Waals surface area contributed by atoms with Gasteiger partial charge in [-0.05, 0) is 37.1 Å². The van der Waals surface area contributed by atoms with Gasteiger partial charge in [0.2, 0.25) is 0 Å². The van der Waals surface area contributed by atoms with Gasteiger partial charge < -0.3 is 20.5 Å². The number of nitrogens with zero attached hydrogens (tertiary/aromatic N) is 2. The fraction of sp³-hybridized carbons (Fsp3) is 0.190. The molecular weight excluding hydrogens is 392 g/mol. The van der Waals surface area contributed by atoms with E-state index < -0.39 is 23.4 Å². The van der Waals surface area contributed by atoms with Crippen LogP contribution in [0.2, 0.25) is 0 Å². The maximum atomic E-state index is 13.5. The predicted molar refractivity (Wildman–Crippen MR) is 108 cm³/mol. The first-order valence-corrected chi connectivity index (χ1v) is 9.34. The molecule has 3 N–H and O–H groups in total. The standard InChI is InChI=1S/C21H17F2N5O2/c22-15-8-14-17(9-16(15)23)25-11-18(14)27-21(30)20(29)26-13-3-4-19(12(7-13)10-24)28-5-1-2-6-28/h3-4,7-9,11,25H,1-2,5-6H2,(H,26,29)(H,27,30). The summed E-state index contributed by atoms with van der Waals surface area (Å²) in [6.45, 7) is 1.75. The van der Waals surface area contributed by atoms with Crippen LogP contribution in [0.3, 0.4) is 0 Å². The first-order chi connectivity index (χ1) is 14.5. The molecule has 1 aliphatic rings. The molecule has 4 rings (SSSR count). The number of fused-ring (bicyclic) bond motifs is 1. The summed E-state index contributed by atoms with van der Waals surface area (Å²) >= 11 is 0. The number of aromatic nitrogens is 1. The quantitative estimate of drug-likeness (QED) is 0.577. The zero-order valence-electron chi connectivity index (χ0n) is 15.8. The van der Waals surface area contributed by atoms with E-state index in [1.54, 1.807) is 12.1 Å². The molecule has 0 bridgehead atoms. The van der Waals surface area contributed by atoms with Gasteiger partial charge in [-0.3, -0.25) is 9.59 Å². The van der Waals surface area contributed by atoms with Gasteiger partial charge in [-0.25, -0.2) is 8.78 Å². The van der Waals surface area contributed by atoms with Crippen molar-refractivity contribution < 1.29 is 18.4 Å². The zero-order chi connectivity index (χ0) is 21.3. The van der Waals surface area contributed by atoms with Crippen molar-refractivity contribution in [2.24, 2.45) is 0 Å². The van der Waals surface area contributed by atoms with Crippen molar-refractivity contribution in [1.29, 1.82) is 5.26 Å². The molecule has 0 spiro atoms. The van der Waals surface area contributed by atoms with Crippen molar-refractivity contribution >= 4 is 39.8 Å². The van der Waals surface area contributed by atoms with Gasteiger partial charge >= 0.3 is 11.8 Å². The molecule has 1 aliphatic heterocycles. The SMILES string of the molecule is N#Cc1cc(NC(=O)C(=O)Nc2c[nH]c3cc(F)c(F)cc23)ccc1N1CCCC1. The number of aromatic amines is 1. The van der Waals surface area contributed by atoms with Crippen molar-refractivity contribution in [1.82, 2.24) is 4.98 Å². The molecule has 0 saturated carbocycles. The lowest BCUT2D eigenvalue weighted by Gasteiger charge is -2.19. The zero-order valence-corrected chi connectivity index (χ0v) is 15.8. The van der Waals surface area contributed by atoms with Gasteiger partial charge in [0, 0.05) is 36.4 Å². The molecule has 2 heterocycles. The maximum Gasteiger partial charge on any atom is 0.314 e. The van der Waals surface area contributed by atoms with E-state index in [-0.39, 0.29) is 16.6 Å². The maximum absolute atomic E-state index is 13.5. The first-order valence-electron chi connectivity index (χ1n) is 9.34. The highest BCUT2D eigenvalue weighted by Gasteiger charge is 2.19. The Kier molecular flexibility index (Phi) is 5.06. The number of hydrogen-bond donors (Lipinski definition) is 3. The lowest BCUT2D eigenvalue weighted by atomic mass is 10.1. The van der Waals surface area contributed by atoms with Gasteiger partial charge in [0.25, 0.3) is 0 Å². The van der Waals surface area contributed by atoms with Crippen molar-refractivity contribution in [3.05, 3.63) is 53.7 Å². The van der Waals surface area contributed by atoms with E-state index in [0.29, 0.717) is 11.3 Å². The number of nitriles is 1. The smallest absolute Gasteiger partial charge is 0.314 e. The van der Waals surface area contributed by atoms with Crippen molar-refractivity contribution in [2.75, 3.05) is 28.6 Å². The molecular formula is C21H17F2N5O2. The Morgan fingerprint density at radius 2 is 1.73 bits per heavy atom. The van der Waals surface area contributed by atoms with Gasteiger partial charge in [0.1, 0.15) is 6.07 Å². The molecule has 2 amide bonds. The third-order valence-corrected chi connectivity index (χ3v) is 5.00. The number of anilines is 3. The fourth-order valence-electron chi connectivity index (χ4n) is 3.52. The monoisotopic (exact) mass is 409 g/mol. The number of nitrogens with one attached hydrogen (secondary N) is 3. The number of carbonyl (C=O) groups excluding carboxylic acids is 2. The van der Waals surface area contributed by atoms with Crippen molar-refractivity contribution in [3.8, 4) is 6.07 Å². The summed E-state index contributed by atoms with van der Waals surface area (Å²) in [5.41, 5.74) is 1.93. The minimum Gasteiger partial charge on any atom is -0.370 e. The average Bonchev–Trinajstić information content (AvgIpc) is 3.39. The number of hydrogen-bond acceptors (Lipinski definition) is 4. The van der Waals surface area contributed by atoms with Crippen LogP contribution in [-0.4, -0.2) is 29.9 Å². The van der Waals surface area contributed by atoms with Crippen molar-refractivity contribution in [3.63, 3.8) is 0 Å². The molecule has 9 heteroatoms. The Morgan fingerprint density at radius 3 is 2.47 bits per heavy atom. The first kappa shape index (κ1) is 19.4. The molecule has 0 atom stereocenters. The number of H-pyrrole nitrogens is 1. The van der Waals surface area contributed by atoms with Crippen LogP contribution in [-0.2, 0) is 9.59 Å². The summed E-state index contributed by atoms with van der Waals surface area (Å²) in [7, 11) is 0. The van der Waals surface area contributed by atoms with Crippen molar-refractivity contribution in [2.45, 2.75) is 12.8 Å². The minimum absolute atomic E-state index is 0.145. The predicted octanol–water partition coefficient (Wildman–Crippen LogP) is 3.50. The highest BCUT2D eigenvalue weighted by Crippen LogP contribution is 2.28. The number of halogens is 2. The van der Waals surface area contributed by atoms with E-state index >= 15 is 0 Å². The Labute approximate surface area is 170 Å². The molecule has 0 unspecified atom stereocenters. The second-order valence-corrected chi connectivity index (χ2v) is 6.96. The van der Waals surface area contributed by atoms with Crippen LogP contribution >= 0.6 is 0 Å². The molecule has 1 saturated heterocycles. The van der Waals surface area contributed by atoms with Crippen LogP contribution in [0.5, 0.6) is 0 Å². The lowest BCUT2D eigenvalue weighted by molar-refractivity contribution is -0.132. The lowest BCUT2D eigenvalue weighted by Crippen LogP contribution is -2.29. The van der Waals surface area contributed by atoms with E-state index in [0.717, 1.165) is 43.8 Å². The van der Waals surface area contributed by atoms with Crippen LogP contribution < -0.4 is 15.5 Å². The molecule has 0 radical (unpaired) electrons. The third-order valence-electron chi connectivity index (χ3n) is 5.00. The van der Waals surface area contributed by atoms with E-state index in [9.17, 15) is 23.6 Å². The van der Waals surface area contributed by atoms with Gasteiger partial charge in [-0.1, -0.05) is 0 Å². The van der Waals surface area contributed by atoms with E-state index in [1.165, 1.54) is 12.3 Å². The average molecular weight is 409 g/mol.